The lowest BCUT2D eigenvalue weighted by molar-refractivity contribution is 0.0875. The number of hydrogen-bond acceptors (Lipinski definition) is 7. The van der Waals surface area contributed by atoms with Gasteiger partial charge in [-0.25, -0.2) is 0 Å². The Morgan fingerprint density at radius 3 is 1.98 bits per heavy atom. The van der Waals surface area contributed by atoms with Gasteiger partial charge in [-0.3, -0.25) is 4.79 Å². The minimum Gasteiger partial charge on any atom is -0.493 e. The second kappa shape index (κ2) is 22.4. The Labute approximate surface area is 270 Å². The summed E-state index contributed by atoms with van der Waals surface area (Å²) in [5, 5.41) is 0. The number of carbonyl (C=O) groups excluding carboxylic acids is 1. The second-order valence-corrected chi connectivity index (χ2v) is 9.46. The van der Waals surface area contributed by atoms with Crippen LogP contribution in [0.15, 0.2) is 67.1 Å². The van der Waals surface area contributed by atoms with Crippen LogP contribution in [0.5, 0.6) is 23.0 Å². The lowest BCUT2D eigenvalue weighted by atomic mass is 9.99. The average Bonchev–Trinajstić information content (AvgIpc) is 3.47. The first kappa shape index (κ1) is 38.9. The molecule has 0 aliphatic rings. The Morgan fingerprint density at radius 2 is 1.44 bits per heavy atom. The number of hydrogen-bond donors (Lipinski definition) is 0. The molecule has 8 heteroatoms. The Hall–Kier alpha value is -4.17. The van der Waals surface area contributed by atoms with Gasteiger partial charge in [0.05, 0.1) is 47.0 Å². The summed E-state index contributed by atoms with van der Waals surface area (Å²) >= 11 is 0. The smallest absolute Gasteiger partial charge is 0.216 e. The molecule has 0 radical (unpaired) electrons. The van der Waals surface area contributed by atoms with E-state index in [1.165, 1.54) is 0 Å². The zero-order valence-corrected chi connectivity index (χ0v) is 28.9. The maximum atomic E-state index is 13.4. The summed E-state index contributed by atoms with van der Waals surface area (Å²) in [7, 11) is 8.16. The molecular formula is C37H53NO7. The van der Waals surface area contributed by atoms with E-state index in [9.17, 15) is 4.79 Å². The first-order chi connectivity index (χ1) is 21.9. The van der Waals surface area contributed by atoms with Crippen molar-refractivity contribution in [1.29, 1.82) is 0 Å². The topological polar surface area (TPSA) is 77.4 Å². The zero-order valence-electron chi connectivity index (χ0n) is 28.9. The third-order valence-corrected chi connectivity index (χ3v) is 6.73. The maximum Gasteiger partial charge on any atom is 0.216 e. The van der Waals surface area contributed by atoms with Gasteiger partial charge in [-0.1, -0.05) is 58.1 Å². The number of aryl methyl sites for hydroxylation is 2. The molecular weight excluding hydrogens is 570 g/mol. The van der Waals surface area contributed by atoms with Crippen molar-refractivity contribution in [3.63, 3.8) is 0 Å². The highest BCUT2D eigenvalue weighted by molar-refractivity contribution is 5.99. The average molecular weight is 624 g/mol. The molecule has 0 amide bonds. The van der Waals surface area contributed by atoms with Gasteiger partial charge < -0.3 is 33.0 Å². The third kappa shape index (κ3) is 11.7. The van der Waals surface area contributed by atoms with E-state index in [1.54, 1.807) is 41.8 Å². The van der Waals surface area contributed by atoms with Crippen LogP contribution in [0.1, 0.15) is 62.7 Å². The first-order valence-corrected chi connectivity index (χ1v) is 15.5. The van der Waals surface area contributed by atoms with Crippen molar-refractivity contribution < 1.29 is 33.2 Å². The molecule has 8 nitrogen and oxygen atoms in total. The summed E-state index contributed by atoms with van der Waals surface area (Å²) in [5.74, 6) is 2.60. The van der Waals surface area contributed by atoms with Gasteiger partial charge in [0.15, 0.2) is 29.6 Å². The van der Waals surface area contributed by atoms with Crippen LogP contribution in [-0.2, 0) is 28.9 Å². The highest BCUT2D eigenvalue weighted by Gasteiger charge is 2.22. The molecule has 3 rings (SSSR count). The molecule has 0 spiro atoms. The van der Waals surface area contributed by atoms with Crippen molar-refractivity contribution in [2.75, 3.05) is 48.8 Å². The molecule has 0 aliphatic carbocycles. The quantitative estimate of drug-likeness (QED) is 0.0902. The standard InChI is InChI=1S/C30H37NO6.C5H10O.C2H6/c1-7-9-16-37-20-25(32)30-23(8-2)24(22-11-13-27(34-4)29(18-22)36-6)19-31(30)15-14-21-10-12-26(33-3)28(17-21)35-5;1-3-4-5-6-2;1-2/h9-13,16-19H,7-8,14-15,20H2,1-6H3;3-4H,5H2,1-2H3;1-2H3/b16-9+;4-3-;. The monoisotopic (exact) mass is 623 g/mol. The Kier molecular flexibility index (Phi) is 19.3. The molecule has 3 aromatic rings. The lowest BCUT2D eigenvalue weighted by Gasteiger charge is -2.12. The van der Waals surface area contributed by atoms with E-state index in [-0.39, 0.29) is 12.4 Å². The normalized spacial score (nSPS) is 10.5. The first-order valence-electron chi connectivity index (χ1n) is 15.5. The number of Topliss-reactive ketones (excluding diaryl/α,β-unsaturated/α-hetero) is 1. The van der Waals surface area contributed by atoms with Crippen molar-refractivity contribution in [3.05, 3.63) is 83.9 Å². The van der Waals surface area contributed by atoms with Gasteiger partial charge in [-0.2, -0.15) is 0 Å². The van der Waals surface area contributed by atoms with E-state index in [4.69, 9.17) is 28.4 Å². The van der Waals surface area contributed by atoms with Crippen molar-refractivity contribution in [2.45, 2.75) is 60.4 Å². The van der Waals surface area contributed by atoms with Gasteiger partial charge >= 0.3 is 0 Å². The van der Waals surface area contributed by atoms with Gasteiger partial charge in [-0.15, -0.1) is 0 Å². The summed E-state index contributed by atoms with van der Waals surface area (Å²) in [5.41, 5.74) is 4.67. The Bertz CT molecular complexity index is 1340. The van der Waals surface area contributed by atoms with E-state index >= 15 is 0 Å². The van der Waals surface area contributed by atoms with Crippen LogP contribution in [0.25, 0.3) is 11.1 Å². The van der Waals surface area contributed by atoms with Gasteiger partial charge in [0.25, 0.3) is 0 Å². The van der Waals surface area contributed by atoms with Gasteiger partial charge in [0.1, 0.15) is 0 Å². The number of nitrogens with zero attached hydrogens (tertiary/aromatic N) is 1. The highest BCUT2D eigenvalue weighted by Crippen LogP contribution is 2.36. The Morgan fingerprint density at radius 1 is 0.822 bits per heavy atom. The molecule has 1 aromatic heterocycles. The van der Waals surface area contributed by atoms with Crippen molar-refractivity contribution in [3.8, 4) is 34.1 Å². The fraction of sp³-hybridized carbons (Fsp3) is 0.432. The number of allylic oxidation sites excluding steroid dienone is 2. The molecule has 0 aliphatic heterocycles. The number of rotatable bonds is 16. The van der Waals surface area contributed by atoms with Crippen LogP contribution in [-0.4, -0.2) is 59.1 Å². The fourth-order valence-electron chi connectivity index (χ4n) is 4.55. The largest absolute Gasteiger partial charge is 0.493 e. The van der Waals surface area contributed by atoms with Gasteiger partial charge in [-0.05, 0) is 67.1 Å². The van der Waals surface area contributed by atoms with E-state index in [1.807, 2.05) is 86.9 Å². The number of carbonyl (C=O) groups is 1. The van der Waals surface area contributed by atoms with E-state index in [2.05, 4.69) is 13.1 Å². The van der Waals surface area contributed by atoms with Crippen molar-refractivity contribution in [2.24, 2.45) is 0 Å². The summed E-state index contributed by atoms with van der Waals surface area (Å²) in [6, 6.07) is 11.7. The highest BCUT2D eigenvalue weighted by atomic mass is 16.5. The van der Waals surface area contributed by atoms with Crippen LogP contribution in [0.3, 0.4) is 0 Å². The maximum absolute atomic E-state index is 13.4. The minimum atomic E-state index is -0.0587. The Balaban J connectivity index is 0.00000113. The molecule has 0 bridgehead atoms. The van der Waals surface area contributed by atoms with Crippen molar-refractivity contribution in [1.82, 2.24) is 4.57 Å². The molecule has 0 saturated heterocycles. The van der Waals surface area contributed by atoms with Gasteiger partial charge in [0.2, 0.25) is 5.78 Å². The van der Waals surface area contributed by atoms with Crippen LogP contribution in [0, 0.1) is 0 Å². The summed E-state index contributed by atoms with van der Waals surface area (Å²) in [6.07, 6.45) is 11.7. The second-order valence-electron chi connectivity index (χ2n) is 9.46. The van der Waals surface area contributed by atoms with Crippen molar-refractivity contribution >= 4 is 5.78 Å². The molecule has 2 aromatic carbocycles. The zero-order chi connectivity index (χ0) is 33.6. The summed E-state index contributed by atoms with van der Waals surface area (Å²) < 4.78 is 34.0. The van der Waals surface area contributed by atoms with Crippen LogP contribution in [0.2, 0.25) is 0 Å². The SMILES string of the molecule is C/C=C\COC.CC.CC/C=C/OCC(=O)c1c(CC)c(-c2ccc(OC)c(OC)c2)cn1CCc1ccc(OC)c(OC)c1. The number of ketones is 1. The fourth-order valence-corrected chi connectivity index (χ4v) is 4.55. The number of aromatic nitrogens is 1. The molecule has 0 unspecified atom stereocenters. The number of benzene rings is 2. The van der Waals surface area contributed by atoms with Crippen LogP contribution in [0.4, 0.5) is 0 Å². The summed E-state index contributed by atoms with van der Waals surface area (Å²) in [6.45, 7) is 11.4. The molecule has 0 fully saturated rings. The molecule has 0 N–H and O–H groups in total. The van der Waals surface area contributed by atoms with Crippen LogP contribution >= 0.6 is 0 Å². The lowest BCUT2D eigenvalue weighted by Crippen LogP contribution is -2.16. The predicted molar refractivity (Wildman–Crippen MR) is 183 cm³/mol. The molecule has 248 valence electrons. The van der Waals surface area contributed by atoms with E-state index in [0.29, 0.717) is 48.1 Å². The molecule has 0 atom stereocenters. The third-order valence-electron chi connectivity index (χ3n) is 6.73. The molecule has 0 saturated carbocycles. The number of ether oxygens (including phenoxy) is 6. The number of methoxy groups -OCH3 is 5. The minimum absolute atomic E-state index is 0.0186. The van der Waals surface area contributed by atoms with E-state index < -0.39 is 0 Å². The summed E-state index contributed by atoms with van der Waals surface area (Å²) in [4.78, 5) is 13.4. The van der Waals surface area contributed by atoms with Crippen LogP contribution < -0.4 is 18.9 Å². The van der Waals surface area contributed by atoms with E-state index in [0.717, 1.165) is 35.3 Å². The molecule has 45 heavy (non-hydrogen) atoms. The van der Waals surface area contributed by atoms with Gasteiger partial charge in [0, 0.05) is 25.4 Å². The molecule has 1 heterocycles. The predicted octanol–water partition coefficient (Wildman–Crippen LogP) is 8.35.